The first-order valence-corrected chi connectivity index (χ1v) is 3.18. The summed E-state index contributed by atoms with van der Waals surface area (Å²) in [5, 5.41) is 6.65. The number of nitrogens with one attached hydrogen (secondary N) is 1. The molecule has 0 aromatic heterocycles. The van der Waals surface area contributed by atoms with Crippen LogP contribution >= 0.6 is 7.74 Å². The van der Waals surface area contributed by atoms with Gasteiger partial charge in [-0.25, -0.2) is 5.16 Å². The Bertz CT molecular complexity index is 84.9. The molecule has 7 heavy (non-hydrogen) atoms. The summed E-state index contributed by atoms with van der Waals surface area (Å²) in [6.45, 7) is 0. The van der Waals surface area contributed by atoms with E-state index in [4.69, 9.17) is 10.1 Å². The second kappa shape index (κ2) is 2.43. The molecule has 0 amide bonds. The van der Waals surface area contributed by atoms with Crippen molar-refractivity contribution >= 4 is 7.74 Å². The van der Waals surface area contributed by atoms with Gasteiger partial charge in [0.1, 0.15) is 0 Å². The van der Waals surface area contributed by atoms with Crippen molar-refractivity contribution in [3.05, 3.63) is 0 Å². The molecule has 0 aromatic carbocycles. The standard InChI is InChI=1S/C2H8NO3P/c1-5-7(3,4)6-2/h1-2H3,(H2,3,4). The highest BCUT2D eigenvalue weighted by Crippen LogP contribution is 2.41. The quantitative estimate of drug-likeness (QED) is 0.536. The molecule has 0 saturated carbocycles. The van der Waals surface area contributed by atoms with Crippen molar-refractivity contribution in [2.75, 3.05) is 14.2 Å². The first kappa shape index (κ1) is 7.11. The predicted octanol–water partition coefficient (Wildman–Crippen LogP) is 0.796. The molecule has 0 bridgehead atoms. The maximum atomic E-state index is 8.47. The molecule has 0 aliphatic heterocycles. The average molecular weight is 125 g/mol. The zero-order chi connectivity index (χ0) is 5.91. The lowest BCUT2D eigenvalue weighted by atomic mass is 11.8. The minimum absolute atomic E-state index is 1.23. The van der Waals surface area contributed by atoms with Gasteiger partial charge in [0.15, 0.2) is 0 Å². The summed E-state index contributed by atoms with van der Waals surface area (Å²) in [6, 6.07) is 0. The third-order valence-electron chi connectivity index (χ3n) is 0.495. The van der Waals surface area contributed by atoms with Crippen molar-refractivity contribution in [1.82, 2.24) is 0 Å². The molecule has 44 valence electrons. The summed E-state index contributed by atoms with van der Waals surface area (Å²) in [6.07, 6.45) is 0. The Morgan fingerprint density at radius 1 is 1.43 bits per heavy atom. The van der Waals surface area contributed by atoms with Gasteiger partial charge in [-0.2, -0.15) is 0 Å². The Labute approximate surface area is 42.2 Å². The lowest BCUT2D eigenvalue weighted by Gasteiger charge is -2.06. The first-order valence-electron chi connectivity index (χ1n) is 1.61. The summed E-state index contributed by atoms with van der Waals surface area (Å²) in [7, 11) is -0.701. The normalized spacial score (nSPS) is 11.9. The molecule has 0 aromatic rings. The third-order valence-corrected chi connectivity index (χ3v) is 1.48. The molecule has 0 saturated heterocycles. The molecular formula is C2H8NO3P. The van der Waals surface area contributed by atoms with Crippen LogP contribution in [-0.4, -0.2) is 19.1 Å². The maximum absolute atomic E-state index is 8.47. The average Bonchev–Trinajstić information content (AvgIpc) is 1.68. The molecule has 0 radical (unpaired) electrons. The molecule has 0 spiro atoms. The topological polar surface area (TPSA) is 62.5 Å². The minimum Gasteiger partial charge on any atom is -0.319 e. The van der Waals surface area contributed by atoms with E-state index in [0.29, 0.717) is 0 Å². The van der Waals surface area contributed by atoms with Crippen LogP contribution in [0.3, 0.4) is 0 Å². The molecule has 0 rings (SSSR count). The van der Waals surface area contributed by atoms with Gasteiger partial charge in [-0.15, -0.1) is 0 Å². The van der Waals surface area contributed by atoms with E-state index in [2.05, 4.69) is 9.05 Å². The van der Waals surface area contributed by atoms with Crippen LogP contribution in [0.25, 0.3) is 0 Å². The van der Waals surface area contributed by atoms with E-state index in [0.717, 1.165) is 0 Å². The van der Waals surface area contributed by atoms with Gasteiger partial charge in [0, 0.05) is 14.2 Å². The molecule has 5 heteroatoms. The van der Waals surface area contributed by atoms with Crippen LogP contribution in [0.5, 0.6) is 0 Å². The van der Waals surface area contributed by atoms with E-state index in [9.17, 15) is 0 Å². The lowest BCUT2D eigenvalue weighted by molar-refractivity contribution is 0.251. The van der Waals surface area contributed by atoms with Gasteiger partial charge < -0.3 is 13.9 Å². The number of hydrogen-bond acceptors (Lipinski definition) is 3. The van der Waals surface area contributed by atoms with Crippen molar-refractivity contribution in [3.63, 3.8) is 0 Å². The van der Waals surface area contributed by atoms with Crippen molar-refractivity contribution in [2.45, 2.75) is 0 Å². The van der Waals surface area contributed by atoms with Gasteiger partial charge in [-0.05, 0) is 0 Å². The molecule has 0 fully saturated rings. The van der Waals surface area contributed by atoms with Crippen LogP contribution in [-0.2, 0) is 9.05 Å². The van der Waals surface area contributed by atoms with Crippen molar-refractivity contribution in [1.29, 1.82) is 5.16 Å². The molecule has 4 nitrogen and oxygen atoms in total. The SMILES string of the molecule is COP(=N)(O)OC. The minimum atomic E-state index is -3.15. The molecule has 0 heterocycles. The summed E-state index contributed by atoms with van der Waals surface area (Å²) in [5.41, 5.74) is 0. The first-order chi connectivity index (χ1) is 3.12. The largest absolute Gasteiger partial charge is 0.349 e. The molecular weight excluding hydrogens is 117 g/mol. The van der Waals surface area contributed by atoms with E-state index >= 15 is 0 Å². The Morgan fingerprint density at radius 2 is 1.71 bits per heavy atom. The molecule has 0 aliphatic rings. The molecule has 2 N–H and O–H groups in total. The Hall–Kier alpha value is 0.110. The fourth-order valence-corrected chi connectivity index (χ4v) is 0.224. The molecule has 0 atom stereocenters. The predicted molar refractivity (Wildman–Crippen MR) is 25.9 cm³/mol. The summed E-state index contributed by atoms with van der Waals surface area (Å²) in [4.78, 5) is 8.47. The van der Waals surface area contributed by atoms with Gasteiger partial charge in [-0.3, -0.25) is 0 Å². The molecule has 0 aliphatic carbocycles. The van der Waals surface area contributed by atoms with E-state index in [1.54, 1.807) is 0 Å². The van der Waals surface area contributed by atoms with Crippen LogP contribution in [0.4, 0.5) is 0 Å². The number of hydrogen-bond donors (Lipinski definition) is 2. The smallest absolute Gasteiger partial charge is 0.319 e. The Morgan fingerprint density at radius 3 is 1.71 bits per heavy atom. The summed E-state index contributed by atoms with van der Waals surface area (Å²) < 4.78 is 8.40. The van der Waals surface area contributed by atoms with Crippen molar-refractivity contribution in [2.24, 2.45) is 0 Å². The monoisotopic (exact) mass is 125 g/mol. The zero-order valence-corrected chi connectivity index (χ0v) is 5.11. The molecule has 0 unspecified atom stereocenters. The highest BCUT2D eigenvalue weighted by Gasteiger charge is 2.06. The highest BCUT2D eigenvalue weighted by atomic mass is 31.2. The van der Waals surface area contributed by atoms with Gasteiger partial charge >= 0.3 is 7.74 Å². The van der Waals surface area contributed by atoms with Crippen LogP contribution in [0.2, 0.25) is 0 Å². The lowest BCUT2D eigenvalue weighted by Crippen LogP contribution is -1.82. The van der Waals surface area contributed by atoms with Gasteiger partial charge in [-0.1, -0.05) is 0 Å². The summed E-state index contributed by atoms with van der Waals surface area (Å²) in [5.74, 6) is 0. The Kier molecular flexibility index (Phi) is 2.46. The van der Waals surface area contributed by atoms with Gasteiger partial charge in [0.2, 0.25) is 0 Å². The number of rotatable bonds is 2. The van der Waals surface area contributed by atoms with Crippen LogP contribution in [0.1, 0.15) is 0 Å². The van der Waals surface area contributed by atoms with Crippen LogP contribution in [0, 0.1) is 5.16 Å². The third kappa shape index (κ3) is 2.76. The summed E-state index contributed by atoms with van der Waals surface area (Å²) >= 11 is 0. The zero-order valence-electron chi connectivity index (χ0n) is 4.21. The second-order valence-electron chi connectivity index (χ2n) is 0.886. The van der Waals surface area contributed by atoms with Crippen molar-refractivity contribution in [3.8, 4) is 0 Å². The van der Waals surface area contributed by atoms with Gasteiger partial charge in [0.05, 0.1) is 0 Å². The fraction of sp³-hybridized carbons (Fsp3) is 1.00. The van der Waals surface area contributed by atoms with Gasteiger partial charge in [0.25, 0.3) is 0 Å². The van der Waals surface area contributed by atoms with Crippen molar-refractivity contribution < 1.29 is 13.9 Å². The Balaban J connectivity index is 3.61. The fourth-order valence-electron chi connectivity index (χ4n) is 0.0745. The van der Waals surface area contributed by atoms with E-state index in [1.165, 1.54) is 14.2 Å². The van der Waals surface area contributed by atoms with E-state index in [-0.39, 0.29) is 0 Å². The highest BCUT2D eigenvalue weighted by molar-refractivity contribution is 7.48. The van der Waals surface area contributed by atoms with E-state index in [1.807, 2.05) is 0 Å². The maximum Gasteiger partial charge on any atom is 0.349 e. The van der Waals surface area contributed by atoms with Crippen LogP contribution < -0.4 is 0 Å². The van der Waals surface area contributed by atoms with Crippen LogP contribution in [0.15, 0.2) is 0 Å². The van der Waals surface area contributed by atoms with E-state index < -0.39 is 7.74 Å². The second-order valence-corrected chi connectivity index (χ2v) is 2.66.